The maximum Gasteiger partial charge on any atom is 0.225 e. The number of nitrogens with zero attached hydrogens (tertiary/aromatic N) is 3. The smallest absolute Gasteiger partial charge is 0.225 e. The van der Waals surface area contributed by atoms with Crippen molar-refractivity contribution in [2.24, 2.45) is 5.92 Å². The molecule has 0 atom stereocenters. The summed E-state index contributed by atoms with van der Waals surface area (Å²) >= 11 is 1.79. The van der Waals surface area contributed by atoms with E-state index in [0.29, 0.717) is 0 Å². The summed E-state index contributed by atoms with van der Waals surface area (Å²) in [6.45, 7) is 6.55. The van der Waals surface area contributed by atoms with Crippen molar-refractivity contribution in [3.63, 3.8) is 0 Å². The first-order chi connectivity index (χ1) is 10.2. The van der Waals surface area contributed by atoms with Crippen LogP contribution >= 0.6 is 11.3 Å². The predicted molar refractivity (Wildman–Crippen MR) is 91.6 cm³/mol. The zero-order valence-electron chi connectivity index (χ0n) is 13.1. The number of hydrogen-bond acceptors (Lipinski definition) is 5. The molecule has 0 radical (unpaired) electrons. The number of aromatic nitrogens is 2. The highest BCUT2D eigenvalue weighted by Crippen LogP contribution is 2.34. The van der Waals surface area contributed by atoms with Gasteiger partial charge >= 0.3 is 0 Å². The lowest BCUT2D eigenvalue weighted by Crippen LogP contribution is -2.33. The first kappa shape index (κ1) is 14.6. The van der Waals surface area contributed by atoms with Crippen LogP contribution in [-0.4, -0.2) is 30.1 Å². The second-order valence-corrected chi connectivity index (χ2v) is 6.86. The maximum atomic E-state index is 4.76. The molecule has 1 aliphatic rings. The normalized spacial score (nSPS) is 15.2. The van der Waals surface area contributed by atoms with E-state index >= 15 is 0 Å². The standard InChI is InChI=1S/C16H24N4S/c1-4-12-9-13-14(18-16(17-3)19-15(13)21-12)20(5-2)10-11-7-6-8-11/h9,11H,4-8,10H2,1-3H3,(H,17,18,19). The molecule has 0 saturated heterocycles. The minimum absolute atomic E-state index is 0.731. The molecule has 3 rings (SSSR count). The third kappa shape index (κ3) is 2.84. The van der Waals surface area contributed by atoms with Crippen LogP contribution in [0.5, 0.6) is 0 Å². The molecule has 0 aromatic carbocycles. The van der Waals surface area contributed by atoms with E-state index in [1.54, 1.807) is 11.3 Å². The Morgan fingerprint density at radius 1 is 1.33 bits per heavy atom. The fourth-order valence-corrected chi connectivity index (χ4v) is 3.80. The van der Waals surface area contributed by atoms with Crippen LogP contribution in [0.15, 0.2) is 6.07 Å². The predicted octanol–water partition coefficient (Wildman–Crippen LogP) is 3.92. The van der Waals surface area contributed by atoms with Gasteiger partial charge in [0.05, 0.1) is 5.39 Å². The van der Waals surface area contributed by atoms with Crippen molar-refractivity contribution in [2.75, 3.05) is 30.4 Å². The minimum atomic E-state index is 0.731. The highest BCUT2D eigenvalue weighted by molar-refractivity contribution is 7.18. The molecule has 1 fully saturated rings. The third-order valence-electron chi connectivity index (χ3n) is 4.38. The van der Waals surface area contributed by atoms with Gasteiger partial charge in [-0.05, 0) is 38.2 Å². The van der Waals surface area contributed by atoms with Gasteiger partial charge in [0.2, 0.25) is 5.95 Å². The summed E-state index contributed by atoms with van der Waals surface area (Å²) in [5.74, 6) is 2.68. The molecule has 1 N–H and O–H groups in total. The molecule has 0 bridgehead atoms. The van der Waals surface area contributed by atoms with Crippen molar-refractivity contribution in [3.05, 3.63) is 10.9 Å². The topological polar surface area (TPSA) is 41.1 Å². The van der Waals surface area contributed by atoms with Crippen LogP contribution < -0.4 is 10.2 Å². The van der Waals surface area contributed by atoms with E-state index in [9.17, 15) is 0 Å². The second kappa shape index (κ2) is 6.18. The van der Waals surface area contributed by atoms with Gasteiger partial charge in [-0.15, -0.1) is 11.3 Å². The lowest BCUT2D eigenvalue weighted by molar-refractivity contribution is 0.318. The van der Waals surface area contributed by atoms with Gasteiger partial charge in [-0.25, -0.2) is 4.98 Å². The monoisotopic (exact) mass is 304 g/mol. The Morgan fingerprint density at radius 3 is 2.71 bits per heavy atom. The molecule has 0 unspecified atom stereocenters. The number of thiophene rings is 1. The minimum Gasteiger partial charge on any atom is -0.357 e. The molecule has 1 saturated carbocycles. The number of rotatable bonds is 6. The molecule has 21 heavy (non-hydrogen) atoms. The summed E-state index contributed by atoms with van der Waals surface area (Å²) in [5, 5.41) is 4.32. The van der Waals surface area contributed by atoms with E-state index in [4.69, 9.17) is 4.98 Å². The average Bonchev–Trinajstić information content (AvgIpc) is 2.88. The molecule has 0 spiro atoms. The Labute approximate surface area is 130 Å². The Kier molecular flexibility index (Phi) is 4.29. The van der Waals surface area contributed by atoms with Crippen molar-refractivity contribution >= 4 is 33.3 Å². The molecule has 114 valence electrons. The number of hydrogen-bond donors (Lipinski definition) is 1. The summed E-state index contributed by atoms with van der Waals surface area (Å²) in [6, 6.07) is 2.28. The highest BCUT2D eigenvalue weighted by Gasteiger charge is 2.23. The van der Waals surface area contributed by atoms with Gasteiger partial charge in [-0.3, -0.25) is 0 Å². The van der Waals surface area contributed by atoms with Gasteiger partial charge in [0.1, 0.15) is 10.6 Å². The summed E-state index contributed by atoms with van der Waals surface area (Å²) in [5.41, 5.74) is 0. The lowest BCUT2D eigenvalue weighted by Gasteiger charge is -2.32. The van der Waals surface area contributed by atoms with Crippen LogP contribution in [0, 0.1) is 5.92 Å². The average molecular weight is 304 g/mol. The van der Waals surface area contributed by atoms with Crippen LogP contribution in [0.4, 0.5) is 11.8 Å². The first-order valence-electron chi connectivity index (χ1n) is 7.98. The number of aryl methyl sites for hydroxylation is 1. The van der Waals surface area contributed by atoms with E-state index in [1.165, 1.54) is 29.5 Å². The van der Waals surface area contributed by atoms with Gasteiger partial charge in [0, 0.05) is 25.0 Å². The SMILES string of the molecule is CCc1cc2c(N(CC)CC3CCC3)nc(NC)nc2s1. The fourth-order valence-electron chi connectivity index (χ4n) is 2.84. The molecular weight excluding hydrogens is 280 g/mol. The summed E-state index contributed by atoms with van der Waals surface area (Å²) < 4.78 is 0. The van der Waals surface area contributed by atoms with Gasteiger partial charge in [0.25, 0.3) is 0 Å². The fraction of sp³-hybridized carbons (Fsp3) is 0.625. The van der Waals surface area contributed by atoms with Crippen molar-refractivity contribution < 1.29 is 0 Å². The zero-order valence-corrected chi connectivity index (χ0v) is 14.0. The van der Waals surface area contributed by atoms with Crippen LogP contribution in [0.2, 0.25) is 0 Å². The number of nitrogens with one attached hydrogen (secondary N) is 1. The Bertz CT molecular complexity index is 618. The Balaban J connectivity index is 2.02. The molecule has 5 heteroatoms. The van der Waals surface area contributed by atoms with Crippen LogP contribution in [0.1, 0.15) is 38.0 Å². The van der Waals surface area contributed by atoms with Crippen LogP contribution in [0.3, 0.4) is 0 Å². The van der Waals surface area contributed by atoms with Crippen molar-refractivity contribution in [1.82, 2.24) is 9.97 Å². The zero-order chi connectivity index (χ0) is 14.8. The maximum absolute atomic E-state index is 4.76. The highest BCUT2D eigenvalue weighted by atomic mass is 32.1. The van der Waals surface area contributed by atoms with Gasteiger partial charge in [-0.2, -0.15) is 4.98 Å². The second-order valence-electron chi connectivity index (χ2n) is 5.74. The van der Waals surface area contributed by atoms with Gasteiger partial charge < -0.3 is 10.2 Å². The van der Waals surface area contributed by atoms with Gasteiger partial charge in [-0.1, -0.05) is 13.3 Å². The number of anilines is 2. The summed E-state index contributed by atoms with van der Waals surface area (Å²) in [7, 11) is 1.89. The third-order valence-corrected chi connectivity index (χ3v) is 5.55. The van der Waals surface area contributed by atoms with E-state index in [0.717, 1.165) is 42.0 Å². The van der Waals surface area contributed by atoms with E-state index in [-0.39, 0.29) is 0 Å². The molecule has 0 aliphatic heterocycles. The molecule has 2 aromatic heterocycles. The molecule has 4 nitrogen and oxygen atoms in total. The van der Waals surface area contributed by atoms with Crippen molar-refractivity contribution in [2.45, 2.75) is 39.5 Å². The molecule has 2 aromatic rings. The number of fused-ring (bicyclic) bond motifs is 1. The summed E-state index contributed by atoms with van der Waals surface area (Å²) in [6.07, 6.45) is 5.19. The molecule has 1 aliphatic carbocycles. The van der Waals surface area contributed by atoms with Crippen molar-refractivity contribution in [1.29, 1.82) is 0 Å². The molecular formula is C16H24N4S. The van der Waals surface area contributed by atoms with Gasteiger partial charge in [0.15, 0.2) is 0 Å². The first-order valence-corrected chi connectivity index (χ1v) is 8.80. The lowest BCUT2D eigenvalue weighted by atomic mass is 9.85. The quantitative estimate of drug-likeness (QED) is 0.878. The largest absolute Gasteiger partial charge is 0.357 e. The van der Waals surface area contributed by atoms with Crippen LogP contribution in [-0.2, 0) is 6.42 Å². The summed E-state index contributed by atoms with van der Waals surface area (Å²) in [4.78, 5) is 14.3. The van der Waals surface area contributed by atoms with E-state index < -0.39 is 0 Å². The van der Waals surface area contributed by atoms with Crippen molar-refractivity contribution in [3.8, 4) is 0 Å². The van der Waals surface area contributed by atoms with E-state index in [1.807, 2.05) is 7.05 Å². The molecule has 2 heterocycles. The Hall–Kier alpha value is -1.36. The Morgan fingerprint density at radius 2 is 2.14 bits per heavy atom. The molecule has 0 amide bonds. The van der Waals surface area contributed by atoms with E-state index in [2.05, 4.69) is 35.1 Å². The van der Waals surface area contributed by atoms with Crippen LogP contribution in [0.25, 0.3) is 10.2 Å².